The zero-order valence-electron chi connectivity index (χ0n) is 22.1. The van der Waals surface area contributed by atoms with E-state index in [9.17, 15) is 18.0 Å². The molecule has 2 amide bonds. The van der Waals surface area contributed by atoms with E-state index in [2.05, 4.69) is 5.32 Å². The first kappa shape index (κ1) is 29.2. The Morgan fingerprint density at radius 2 is 1.63 bits per heavy atom. The zero-order chi connectivity index (χ0) is 27.9. The van der Waals surface area contributed by atoms with Crippen molar-refractivity contribution < 1.29 is 18.0 Å². The zero-order valence-corrected chi connectivity index (χ0v) is 23.7. The van der Waals surface area contributed by atoms with Crippen LogP contribution in [-0.4, -0.2) is 44.3 Å². The number of benzene rings is 3. The van der Waals surface area contributed by atoms with Crippen molar-refractivity contribution in [3.05, 3.63) is 94.5 Å². The van der Waals surface area contributed by atoms with Crippen LogP contribution in [0.5, 0.6) is 0 Å². The summed E-state index contributed by atoms with van der Waals surface area (Å²) < 4.78 is 28.8. The van der Waals surface area contributed by atoms with Crippen molar-refractivity contribution in [2.75, 3.05) is 17.4 Å². The molecule has 0 fully saturated rings. The highest BCUT2D eigenvalue weighted by atomic mass is 35.5. The Balaban J connectivity index is 2.07. The van der Waals surface area contributed by atoms with Crippen LogP contribution in [-0.2, 0) is 26.2 Å². The third-order valence-corrected chi connectivity index (χ3v) is 8.26. The fraction of sp³-hybridized carbons (Fsp3) is 0.310. The average Bonchev–Trinajstić information content (AvgIpc) is 2.88. The monoisotopic (exact) mass is 555 g/mol. The number of rotatable bonds is 11. The summed E-state index contributed by atoms with van der Waals surface area (Å²) in [4.78, 5) is 28.5. The first-order chi connectivity index (χ1) is 18.1. The van der Waals surface area contributed by atoms with E-state index in [4.69, 9.17) is 11.6 Å². The molecule has 7 nitrogen and oxygen atoms in total. The van der Waals surface area contributed by atoms with Gasteiger partial charge in [0.05, 0.1) is 10.6 Å². The third-order valence-electron chi connectivity index (χ3n) is 6.24. The maximum absolute atomic E-state index is 14.0. The molecule has 0 aliphatic heterocycles. The van der Waals surface area contributed by atoms with Crippen molar-refractivity contribution in [3.8, 4) is 0 Å². The van der Waals surface area contributed by atoms with Gasteiger partial charge in [0.15, 0.2) is 0 Å². The van der Waals surface area contributed by atoms with Crippen molar-refractivity contribution in [1.29, 1.82) is 0 Å². The first-order valence-electron chi connectivity index (χ1n) is 12.5. The van der Waals surface area contributed by atoms with Crippen LogP contribution in [0.4, 0.5) is 5.69 Å². The van der Waals surface area contributed by atoms with Crippen LogP contribution in [0.2, 0.25) is 5.02 Å². The highest BCUT2D eigenvalue weighted by molar-refractivity contribution is 7.92. The van der Waals surface area contributed by atoms with Gasteiger partial charge in [-0.3, -0.25) is 13.9 Å². The van der Waals surface area contributed by atoms with Gasteiger partial charge in [0, 0.05) is 18.1 Å². The fourth-order valence-corrected chi connectivity index (χ4v) is 5.91. The molecule has 3 aromatic rings. The number of hydrogen-bond donors (Lipinski definition) is 1. The van der Waals surface area contributed by atoms with Crippen LogP contribution >= 0.6 is 11.6 Å². The lowest BCUT2D eigenvalue weighted by Crippen LogP contribution is -2.52. The summed E-state index contributed by atoms with van der Waals surface area (Å²) in [6, 6.07) is 19.8. The van der Waals surface area contributed by atoms with Crippen molar-refractivity contribution in [2.45, 2.75) is 51.6 Å². The lowest BCUT2D eigenvalue weighted by Gasteiger charge is -2.33. The summed E-state index contributed by atoms with van der Waals surface area (Å²) in [6.07, 6.45) is 0.373. The third kappa shape index (κ3) is 6.94. The molecule has 3 rings (SSSR count). The Labute approximate surface area is 230 Å². The molecule has 1 atom stereocenters. The van der Waals surface area contributed by atoms with Gasteiger partial charge >= 0.3 is 0 Å². The Bertz CT molecular complexity index is 1380. The second kappa shape index (κ2) is 12.9. The van der Waals surface area contributed by atoms with Gasteiger partial charge in [0.25, 0.3) is 10.0 Å². The molecule has 202 valence electrons. The van der Waals surface area contributed by atoms with Crippen molar-refractivity contribution in [1.82, 2.24) is 10.2 Å². The van der Waals surface area contributed by atoms with E-state index in [1.165, 1.54) is 29.2 Å². The van der Waals surface area contributed by atoms with E-state index >= 15 is 0 Å². The molecule has 38 heavy (non-hydrogen) atoms. The van der Waals surface area contributed by atoms with Crippen molar-refractivity contribution >= 4 is 39.1 Å². The number of anilines is 1. The predicted octanol–water partition coefficient (Wildman–Crippen LogP) is 5.10. The minimum absolute atomic E-state index is 0.0129. The number of amides is 2. The van der Waals surface area contributed by atoms with E-state index in [0.717, 1.165) is 15.4 Å². The molecule has 0 heterocycles. The van der Waals surface area contributed by atoms with Gasteiger partial charge in [0.1, 0.15) is 12.6 Å². The number of para-hydroxylation sites is 1. The van der Waals surface area contributed by atoms with Crippen LogP contribution in [0, 0.1) is 13.8 Å². The number of carbonyl (C=O) groups is 2. The predicted molar refractivity (Wildman–Crippen MR) is 152 cm³/mol. The van der Waals surface area contributed by atoms with Gasteiger partial charge in [-0.25, -0.2) is 8.42 Å². The molecule has 9 heteroatoms. The van der Waals surface area contributed by atoms with E-state index in [1.54, 1.807) is 31.2 Å². The number of aryl methyl sites for hydroxylation is 2. The molecule has 0 aliphatic carbocycles. The van der Waals surface area contributed by atoms with Crippen LogP contribution in [0.15, 0.2) is 77.7 Å². The quantitative estimate of drug-likeness (QED) is 0.357. The van der Waals surface area contributed by atoms with Crippen molar-refractivity contribution in [3.63, 3.8) is 0 Å². The molecule has 0 aromatic heterocycles. The Kier molecular flexibility index (Phi) is 9.94. The van der Waals surface area contributed by atoms with Gasteiger partial charge < -0.3 is 10.2 Å². The molecular weight excluding hydrogens is 522 g/mol. The van der Waals surface area contributed by atoms with E-state index in [0.29, 0.717) is 29.2 Å². The highest BCUT2D eigenvalue weighted by Gasteiger charge is 2.34. The molecule has 0 saturated carbocycles. The maximum atomic E-state index is 14.0. The Morgan fingerprint density at radius 3 is 2.24 bits per heavy atom. The second-order valence-corrected chi connectivity index (χ2v) is 11.4. The van der Waals surface area contributed by atoms with E-state index < -0.39 is 28.5 Å². The van der Waals surface area contributed by atoms with E-state index in [1.807, 2.05) is 45.0 Å². The van der Waals surface area contributed by atoms with Gasteiger partial charge in [-0.2, -0.15) is 0 Å². The summed E-state index contributed by atoms with van der Waals surface area (Å²) in [6.45, 7) is 7.50. The van der Waals surface area contributed by atoms with Gasteiger partial charge in [-0.1, -0.05) is 66.6 Å². The lowest BCUT2D eigenvalue weighted by molar-refractivity contribution is -0.140. The average molecular weight is 556 g/mol. The normalized spacial score (nSPS) is 12.0. The van der Waals surface area contributed by atoms with Crippen LogP contribution in [0.3, 0.4) is 0 Å². The number of sulfonamides is 1. The number of hydrogen-bond acceptors (Lipinski definition) is 4. The Morgan fingerprint density at radius 1 is 0.947 bits per heavy atom. The smallest absolute Gasteiger partial charge is 0.264 e. The molecule has 0 aliphatic rings. The number of likely N-dealkylation sites (N-methyl/N-ethyl adjacent to an activating group) is 1. The maximum Gasteiger partial charge on any atom is 0.264 e. The molecule has 0 unspecified atom stereocenters. The summed E-state index contributed by atoms with van der Waals surface area (Å²) in [5, 5.41) is 3.21. The van der Waals surface area contributed by atoms with Gasteiger partial charge in [0.2, 0.25) is 11.8 Å². The SMILES string of the molecule is CCNC(=O)[C@H](CC)N(Cc1cccc(C)c1)C(=O)CN(c1ccccc1C)S(=O)(=O)c1ccc(Cl)cc1. The summed E-state index contributed by atoms with van der Waals surface area (Å²) >= 11 is 6.00. The van der Waals surface area contributed by atoms with Gasteiger partial charge in [-0.15, -0.1) is 0 Å². The second-order valence-electron chi connectivity index (χ2n) is 9.08. The molecule has 3 aromatic carbocycles. The van der Waals surface area contributed by atoms with Crippen molar-refractivity contribution in [2.24, 2.45) is 0 Å². The topological polar surface area (TPSA) is 86.8 Å². The Hall–Kier alpha value is -3.36. The molecular formula is C29H34ClN3O4S. The highest BCUT2D eigenvalue weighted by Crippen LogP contribution is 2.28. The molecule has 0 spiro atoms. The molecule has 1 N–H and O–H groups in total. The molecule has 0 saturated heterocycles. The summed E-state index contributed by atoms with van der Waals surface area (Å²) in [5.74, 6) is -0.760. The number of carbonyl (C=O) groups excluding carboxylic acids is 2. The lowest BCUT2D eigenvalue weighted by atomic mass is 10.1. The molecule has 0 radical (unpaired) electrons. The summed E-state index contributed by atoms with van der Waals surface area (Å²) in [7, 11) is -4.14. The molecule has 0 bridgehead atoms. The van der Waals surface area contributed by atoms with Crippen LogP contribution in [0.25, 0.3) is 0 Å². The standard InChI is InChI=1S/C29H34ClN3O4S/c1-5-26(29(35)31-6-2)32(19-23-12-9-10-21(3)18-23)28(34)20-33(27-13-8-7-11-22(27)4)38(36,37)25-16-14-24(30)15-17-25/h7-18,26H,5-6,19-20H2,1-4H3,(H,31,35)/t26-/m0/s1. The largest absolute Gasteiger partial charge is 0.355 e. The minimum atomic E-state index is -4.14. The summed E-state index contributed by atoms with van der Waals surface area (Å²) in [5.41, 5.74) is 2.95. The fourth-order valence-electron chi connectivity index (χ4n) is 4.31. The first-order valence-corrected chi connectivity index (χ1v) is 14.4. The number of nitrogens with zero attached hydrogens (tertiary/aromatic N) is 2. The van der Waals surface area contributed by atoms with Crippen LogP contribution in [0.1, 0.15) is 37.0 Å². The number of halogens is 1. The van der Waals surface area contributed by atoms with Gasteiger partial charge in [-0.05, 0) is 68.7 Å². The number of nitrogens with one attached hydrogen (secondary N) is 1. The van der Waals surface area contributed by atoms with Crippen LogP contribution < -0.4 is 9.62 Å². The minimum Gasteiger partial charge on any atom is -0.355 e. The van der Waals surface area contributed by atoms with E-state index in [-0.39, 0.29) is 17.3 Å².